The minimum Gasteiger partial charge on any atom is -0.342 e. The zero-order valence-electron chi connectivity index (χ0n) is 11.3. The predicted molar refractivity (Wildman–Crippen MR) is 72.3 cm³/mol. The van der Waals surface area contributed by atoms with Gasteiger partial charge < -0.3 is 4.90 Å². The number of carbonyl (C=O) groups is 1. The van der Waals surface area contributed by atoms with Crippen LogP contribution in [0.25, 0.3) is 0 Å². The van der Waals surface area contributed by atoms with E-state index >= 15 is 0 Å². The van der Waals surface area contributed by atoms with Crippen LogP contribution in [0, 0.1) is 17.8 Å². The van der Waals surface area contributed by atoms with E-state index < -0.39 is 0 Å². The zero-order chi connectivity index (χ0) is 13.1. The normalized spacial score (nSPS) is 24.6. The van der Waals surface area contributed by atoms with E-state index in [9.17, 15) is 4.79 Å². The molecule has 0 unspecified atom stereocenters. The molecule has 1 aromatic rings. The van der Waals surface area contributed by atoms with Gasteiger partial charge in [-0.2, -0.15) is 0 Å². The highest BCUT2D eigenvalue weighted by Gasteiger charge is 2.30. The second-order valence-corrected chi connectivity index (χ2v) is 6.44. The van der Waals surface area contributed by atoms with Crippen molar-refractivity contribution < 1.29 is 4.79 Å². The van der Waals surface area contributed by atoms with Crippen LogP contribution >= 0.6 is 11.3 Å². The van der Waals surface area contributed by atoms with Crippen LogP contribution in [0.4, 0.5) is 0 Å². The van der Waals surface area contributed by atoms with Crippen molar-refractivity contribution in [2.75, 3.05) is 13.1 Å². The van der Waals surface area contributed by atoms with Crippen molar-refractivity contribution in [3.63, 3.8) is 0 Å². The molecular weight excluding hydrogens is 246 g/mol. The van der Waals surface area contributed by atoms with E-state index in [2.05, 4.69) is 31.0 Å². The van der Waals surface area contributed by atoms with E-state index in [4.69, 9.17) is 0 Å². The Bertz CT molecular complexity index is 391. The monoisotopic (exact) mass is 267 g/mol. The molecule has 0 aliphatic carbocycles. The van der Waals surface area contributed by atoms with Crippen molar-refractivity contribution in [2.24, 2.45) is 17.8 Å². The average Bonchev–Trinajstić information content (AvgIpc) is 2.81. The third-order valence-electron chi connectivity index (χ3n) is 3.93. The number of nitrogens with zero attached hydrogens (tertiary/aromatic N) is 3. The van der Waals surface area contributed by atoms with Crippen molar-refractivity contribution in [3.8, 4) is 0 Å². The summed E-state index contributed by atoms with van der Waals surface area (Å²) in [6, 6.07) is 0. The predicted octanol–water partition coefficient (Wildman–Crippen LogP) is 2.22. The number of hydrogen-bond donors (Lipinski definition) is 0. The van der Waals surface area contributed by atoms with E-state index in [1.54, 1.807) is 5.51 Å². The highest BCUT2D eigenvalue weighted by molar-refractivity contribution is 7.09. The lowest BCUT2D eigenvalue weighted by Gasteiger charge is -2.39. The molecule has 1 saturated heterocycles. The molecule has 0 saturated carbocycles. The topological polar surface area (TPSA) is 46.1 Å². The van der Waals surface area contributed by atoms with E-state index in [0.29, 0.717) is 18.3 Å². The molecule has 18 heavy (non-hydrogen) atoms. The summed E-state index contributed by atoms with van der Waals surface area (Å²) in [5, 5.41) is 8.53. The van der Waals surface area contributed by atoms with Gasteiger partial charge in [-0.05, 0) is 24.2 Å². The standard InChI is InChI=1S/C13H21N3OS/c1-9(2)11-7-16(5-4-10(11)3)13(17)6-12-15-14-8-18-12/h8-11H,4-7H2,1-3H3/t10-,11-/m1/s1. The third kappa shape index (κ3) is 3.07. The maximum atomic E-state index is 12.2. The zero-order valence-corrected chi connectivity index (χ0v) is 12.1. The molecule has 0 spiro atoms. The maximum absolute atomic E-state index is 12.2. The number of hydrogen-bond acceptors (Lipinski definition) is 4. The first-order chi connectivity index (χ1) is 8.58. The van der Waals surface area contributed by atoms with Crippen LogP contribution in [0.2, 0.25) is 0 Å². The summed E-state index contributed by atoms with van der Waals surface area (Å²) >= 11 is 1.45. The quantitative estimate of drug-likeness (QED) is 0.843. The van der Waals surface area contributed by atoms with Gasteiger partial charge in [0.15, 0.2) is 0 Å². The highest BCUT2D eigenvalue weighted by Crippen LogP contribution is 2.29. The molecular formula is C13H21N3OS. The van der Waals surface area contributed by atoms with Gasteiger partial charge in [-0.1, -0.05) is 20.8 Å². The summed E-state index contributed by atoms with van der Waals surface area (Å²) in [5.41, 5.74) is 1.68. The minimum absolute atomic E-state index is 0.198. The molecule has 5 heteroatoms. The van der Waals surface area contributed by atoms with Gasteiger partial charge in [-0.3, -0.25) is 4.79 Å². The lowest BCUT2D eigenvalue weighted by atomic mass is 9.79. The highest BCUT2D eigenvalue weighted by atomic mass is 32.1. The first-order valence-electron chi connectivity index (χ1n) is 6.60. The molecule has 0 bridgehead atoms. The fraction of sp³-hybridized carbons (Fsp3) is 0.769. The van der Waals surface area contributed by atoms with Crippen molar-refractivity contribution in [3.05, 3.63) is 10.5 Å². The molecule has 1 aliphatic heterocycles. The molecule has 2 heterocycles. The van der Waals surface area contributed by atoms with Gasteiger partial charge in [-0.15, -0.1) is 21.5 Å². The summed E-state index contributed by atoms with van der Waals surface area (Å²) in [7, 11) is 0. The van der Waals surface area contributed by atoms with Gasteiger partial charge in [0, 0.05) is 13.1 Å². The number of piperidine rings is 1. The molecule has 1 aliphatic rings. The Balaban J connectivity index is 1.95. The minimum atomic E-state index is 0.198. The van der Waals surface area contributed by atoms with Gasteiger partial charge in [0.05, 0.1) is 6.42 Å². The van der Waals surface area contributed by atoms with E-state index in [1.807, 2.05) is 4.90 Å². The Labute approximate surface area is 112 Å². The largest absolute Gasteiger partial charge is 0.342 e. The first-order valence-corrected chi connectivity index (χ1v) is 7.48. The average molecular weight is 267 g/mol. The lowest BCUT2D eigenvalue weighted by Crippen LogP contribution is -2.45. The number of amides is 1. The Morgan fingerprint density at radius 2 is 2.39 bits per heavy atom. The summed E-state index contributed by atoms with van der Waals surface area (Å²) in [4.78, 5) is 14.2. The van der Waals surface area contributed by atoms with E-state index in [0.717, 1.165) is 30.4 Å². The molecule has 0 radical (unpaired) electrons. The number of rotatable bonds is 3. The maximum Gasteiger partial charge on any atom is 0.229 e. The van der Waals surface area contributed by atoms with Crippen molar-refractivity contribution in [2.45, 2.75) is 33.6 Å². The van der Waals surface area contributed by atoms with Crippen LogP contribution < -0.4 is 0 Å². The molecule has 0 N–H and O–H groups in total. The summed E-state index contributed by atoms with van der Waals surface area (Å²) in [5.74, 6) is 2.18. The van der Waals surface area contributed by atoms with Crippen molar-refractivity contribution >= 4 is 17.2 Å². The fourth-order valence-corrected chi connectivity index (χ4v) is 3.22. The summed E-state index contributed by atoms with van der Waals surface area (Å²) in [6.45, 7) is 8.59. The van der Waals surface area contributed by atoms with Gasteiger partial charge in [0.25, 0.3) is 0 Å². The SMILES string of the molecule is CC(C)[C@H]1CN(C(=O)Cc2nncs2)CC[C@H]1C. The van der Waals surface area contributed by atoms with Crippen LogP contribution in [0.5, 0.6) is 0 Å². The van der Waals surface area contributed by atoms with Crippen LogP contribution in [0.15, 0.2) is 5.51 Å². The van der Waals surface area contributed by atoms with Crippen LogP contribution in [-0.4, -0.2) is 34.1 Å². The molecule has 2 atom stereocenters. The molecule has 1 fully saturated rings. The first kappa shape index (κ1) is 13.5. The lowest BCUT2D eigenvalue weighted by molar-refractivity contribution is -0.133. The smallest absolute Gasteiger partial charge is 0.229 e. The van der Waals surface area contributed by atoms with Crippen LogP contribution in [0.1, 0.15) is 32.2 Å². The second kappa shape index (κ2) is 5.78. The van der Waals surface area contributed by atoms with Crippen LogP contribution in [0.3, 0.4) is 0 Å². The van der Waals surface area contributed by atoms with Gasteiger partial charge >= 0.3 is 0 Å². The molecule has 2 rings (SSSR count). The van der Waals surface area contributed by atoms with Gasteiger partial charge in [-0.25, -0.2) is 0 Å². The Hall–Kier alpha value is -0.970. The molecule has 100 valence electrons. The molecule has 1 amide bonds. The van der Waals surface area contributed by atoms with Crippen molar-refractivity contribution in [1.29, 1.82) is 0 Å². The van der Waals surface area contributed by atoms with E-state index in [1.165, 1.54) is 11.3 Å². The summed E-state index contributed by atoms with van der Waals surface area (Å²) < 4.78 is 0. The number of likely N-dealkylation sites (tertiary alicyclic amines) is 1. The van der Waals surface area contributed by atoms with Gasteiger partial charge in [0.1, 0.15) is 10.5 Å². The molecule has 0 aromatic carbocycles. The number of carbonyl (C=O) groups excluding carboxylic acids is 1. The Morgan fingerprint density at radius 3 is 3.00 bits per heavy atom. The second-order valence-electron chi connectivity index (χ2n) is 5.52. The number of aromatic nitrogens is 2. The molecule has 4 nitrogen and oxygen atoms in total. The van der Waals surface area contributed by atoms with E-state index in [-0.39, 0.29) is 5.91 Å². The third-order valence-corrected chi connectivity index (χ3v) is 4.63. The van der Waals surface area contributed by atoms with Crippen molar-refractivity contribution in [1.82, 2.24) is 15.1 Å². The van der Waals surface area contributed by atoms with Gasteiger partial charge in [0.2, 0.25) is 5.91 Å². The summed E-state index contributed by atoms with van der Waals surface area (Å²) in [6.07, 6.45) is 1.52. The Kier molecular flexibility index (Phi) is 4.32. The van der Waals surface area contributed by atoms with Crippen LogP contribution in [-0.2, 0) is 11.2 Å². The molecule has 1 aromatic heterocycles. The Morgan fingerprint density at radius 1 is 1.61 bits per heavy atom. The fourth-order valence-electron chi connectivity index (χ4n) is 2.71.